The van der Waals surface area contributed by atoms with Crippen molar-refractivity contribution in [3.8, 4) is 0 Å². The predicted molar refractivity (Wildman–Crippen MR) is 60.4 cm³/mol. The Morgan fingerprint density at radius 2 is 2.00 bits per heavy atom. The van der Waals surface area contributed by atoms with Gasteiger partial charge in [-0.25, -0.2) is 0 Å². The second-order valence-corrected chi connectivity index (χ2v) is 4.88. The van der Waals surface area contributed by atoms with E-state index in [-0.39, 0.29) is 11.8 Å². The first-order chi connectivity index (χ1) is 7.09. The second-order valence-electron chi connectivity index (χ2n) is 4.88. The minimum absolute atomic E-state index is 0.0859. The standard InChI is InChI=1S/C12H23NO2/c1-9(7-11-5-3-4-6-11)12(15)13-8-10(2)14/h9-11,14H,3-8H2,1-2H3,(H,13,15). The summed E-state index contributed by atoms with van der Waals surface area (Å²) in [6, 6.07) is 0. The molecule has 1 aliphatic carbocycles. The van der Waals surface area contributed by atoms with Crippen molar-refractivity contribution in [2.45, 2.75) is 52.1 Å². The number of hydrogen-bond donors (Lipinski definition) is 2. The van der Waals surface area contributed by atoms with Crippen molar-refractivity contribution in [3.63, 3.8) is 0 Å². The first-order valence-electron chi connectivity index (χ1n) is 6.05. The van der Waals surface area contributed by atoms with Crippen LogP contribution in [0, 0.1) is 11.8 Å². The van der Waals surface area contributed by atoms with E-state index in [1.165, 1.54) is 25.7 Å². The van der Waals surface area contributed by atoms with Gasteiger partial charge in [-0.3, -0.25) is 4.79 Å². The summed E-state index contributed by atoms with van der Waals surface area (Å²) in [5.41, 5.74) is 0. The molecule has 3 heteroatoms. The van der Waals surface area contributed by atoms with Gasteiger partial charge in [-0.1, -0.05) is 32.6 Å². The van der Waals surface area contributed by atoms with Crippen LogP contribution in [0.25, 0.3) is 0 Å². The van der Waals surface area contributed by atoms with Crippen LogP contribution in [-0.2, 0) is 4.79 Å². The average molecular weight is 213 g/mol. The number of aliphatic hydroxyl groups is 1. The number of aliphatic hydroxyl groups excluding tert-OH is 1. The first kappa shape index (κ1) is 12.5. The second kappa shape index (κ2) is 6.11. The molecule has 0 radical (unpaired) electrons. The molecule has 1 rings (SSSR count). The molecule has 2 unspecified atom stereocenters. The summed E-state index contributed by atoms with van der Waals surface area (Å²) in [6.45, 7) is 4.03. The molecular formula is C12H23NO2. The van der Waals surface area contributed by atoms with E-state index in [4.69, 9.17) is 5.11 Å². The van der Waals surface area contributed by atoms with Crippen molar-refractivity contribution in [2.24, 2.45) is 11.8 Å². The molecule has 1 amide bonds. The van der Waals surface area contributed by atoms with Crippen LogP contribution >= 0.6 is 0 Å². The van der Waals surface area contributed by atoms with Crippen LogP contribution in [0.3, 0.4) is 0 Å². The monoisotopic (exact) mass is 213 g/mol. The minimum Gasteiger partial charge on any atom is -0.392 e. The zero-order chi connectivity index (χ0) is 11.3. The summed E-state index contributed by atoms with van der Waals surface area (Å²) in [4.78, 5) is 11.6. The Bertz CT molecular complexity index is 198. The number of carbonyl (C=O) groups is 1. The molecule has 1 saturated carbocycles. The summed E-state index contributed by atoms with van der Waals surface area (Å²) in [5, 5.41) is 11.8. The Kier molecular flexibility index (Phi) is 5.09. The summed E-state index contributed by atoms with van der Waals surface area (Å²) < 4.78 is 0. The molecule has 0 bridgehead atoms. The summed E-state index contributed by atoms with van der Waals surface area (Å²) >= 11 is 0. The molecule has 0 aromatic carbocycles. The third kappa shape index (κ3) is 4.65. The molecule has 0 heterocycles. The van der Waals surface area contributed by atoms with Gasteiger partial charge in [-0.15, -0.1) is 0 Å². The Hall–Kier alpha value is -0.570. The Morgan fingerprint density at radius 3 is 2.53 bits per heavy atom. The van der Waals surface area contributed by atoms with Gasteiger partial charge in [0.1, 0.15) is 0 Å². The molecule has 2 atom stereocenters. The number of hydrogen-bond acceptors (Lipinski definition) is 2. The van der Waals surface area contributed by atoms with Crippen molar-refractivity contribution in [1.82, 2.24) is 5.32 Å². The highest BCUT2D eigenvalue weighted by molar-refractivity contribution is 5.78. The molecule has 0 aromatic heterocycles. The third-order valence-corrected chi connectivity index (χ3v) is 3.18. The van der Waals surface area contributed by atoms with E-state index < -0.39 is 6.10 Å². The fraction of sp³-hybridized carbons (Fsp3) is 0.917. The van der Waals surface area contributed by atoms with Crippen LogP contribution in [0.2, 0.25) is 0 Å². The first-order valence-corrected chi connectivity index (χ1v) is 6.05. The normalized spacial score (nSPS) is 21.3. The SMILES string of the molecule is CC(O)CNC(=O)C(C)CC1CCCC1. The highest BCUT2D eigenvalue weighted by Gasteiger charge is 2.21. The van der Waals surface area contributed by atoms with E-state index in [9.17, 15) is 4.79 Å². The van der Waals surface area contributed by atoms with Gasteiger partial charge in [0.25, 0.3) is 0 Å². The summed E-state index contributed by atoms with van der Waals surface area (Å²) in [6.07, 6.45) is 5.78. The molecule has 0 saturated heterocycles. The molecule has 0 aromatic rings. The maximum Gasteiger partial charge on any atom is 0.222 e. The zero-order valence-corrected chi connectivity index (χ0v) is 9.83. The lowest BCUT2D eigenvalue weighted by Crippen LogP contribution is -2.35. The number of nitrogens with one attached hydrogen (secondary N) is 1. The van der Waals surface area contributed by atoms with Gasteiger partial charge in [-0.05, 0) is 19.3 Å². The minimum atomic E-state index is -0.451. The highest BCUT2D eigenvalue weighted by Crippen LogP contribution is 2.30. The fourth-order valence-corrected chi connectivity index (χ4v) is 2.28. The van der Waals surface area contributed by atoms with Gasteiger partial charge in [-0.2, -0.15) is 0 Å². The number of carbonyl (C=O) groups excluding carboxylic acids is 1. The van der Waals surface area contributed by atoms with Gasteiger partial charge in [0, 0.05) is 12.5 Å². The van der Waals surface area contributed by atoms with Gasteiger partial charge in [0.15, 0.2) is 0 Å². The number of rotatable bonds is 5. The maximum atomic E-state index is 11.6. The van der Waals surface area contributed by atoms with Crippen LogP contribution in [0.15, 0.2) is 0 Å². The topological polar surface area (TPSA) is 49.3 Å². The van der Waals surface area contributed by atoms with E-state index in [1.807, 2.05) is 6.92 Å². The predicted octanol–water partition coefficient (Wildman–Crippen LogP) is 1.70. The average Bonchev–Trinajstić information content (AvgIpc) is 2.66. The lowest BCUT2D eigenvalue weighted by Gasteiger charge is -2.16. The summed E-state index contributed by atoms with van der Waals surface area (Å²) in [5.74, 6) is 0.923. The molecule has 3 nitrogen and oxygen atoms in total. The fourth-order valence-electron chi connectivity index (χ4n) is 2.28. The van der Waals surface area contributed by atoms with Crippen LogP contribution in [0.5, 0.6) is 0 Å². The van der Waals surface area contributed by atoms with Crippen LogP contribution in [0.4, 0.5) is 0 Å². The van der Waals surface area contributed by atoms with Crippen molar-refractivity contribution < 1.29 is 9.90 Å². The van der Waals surface area contributed by atoms with Crippen LogP contribution < -0.4 is 5.32 Å². The van der Waals surface area contributed by atoms with Crippen molar-refractivity contribution in [3.05, 3.63) is 0 Å². The molecule has 15 heavy (non-hydrogen) atoms. The summed E-state index contributed by atoms with van der Waals surface area (Å²) in [7, 11) is 0. The van der Waals surface area contributed by atoms with Crippen molar-refractivity contribution >= 4 is 5.91 Å². The van der Waals surface area contributed by atoms with E-state index in [1.54, 1.807) is 6.92 Å². The lowest BCUT2D eigenvalue weighted by atomic mass is 9.94. The largest absolute Gasteiger partial charge is 0.392 e. The Balaban J connectivity index is 2.19. The zero-order valence-electron chi connectivity index (χ0n) is 9.83. The molecule has 2 N–H and O–H groups in total. The van der Waals surface area contributed by atoms with Gasteiger partial charge in [0.05, 0.1) is 6.10 Å². The van der Waals surface area contributed by atoms with E-state index >= 15 is 0 Å². The maximum absolute atomic E-state index is 11.6. The van der Waals surface area contributed by atoms with Gasteiger partial charge >= 0.3 is 0 Å². The molecular weight excluding hydrogens is 190 g/mol. The van der Waals surface area contributed by atoms with Crippen molar-refractivity contribution in [2.75, 3.05) is 6.54 Å². The smallest absolute Gasteiger partial charge is 0.222 e. The lowest BCUT2D eigenvalue weighted by molar-refractivity contribution is -0.125. The van der Waals surface area contributed by atoms with Crippen molar-refractivity contribution in [1.29, 1.82) is 0 Å². The van der Waals surface area contributed by atoms with E-state index in [0.29, 0.717) is 6.54 Å². The van der Waals surface area contributed by atoms with Crippen LogP contribution in [-0.4, -0.2) is 23.7 Å². The van der Waals surface area contributed by atoms with E-state index in [2.05, 4.69) is 5.32 Å². The molecule has 0 aliphatic heterocycles. The molecule has 1 aliphatic rings. The van der Waals surface area contributed by atoms with E-state index in [0.717, 1.165) is 12.3 Å². The number of amides is 1. The Labute approximate surface area is 92.3 Å². The molecule has 1 fully saturated rings. The molecule has 0 spiro atoms. The van der Waals surface area contributed by atoms with Gasteiger partial charge in [0.2, 0.25) is 5.91 Å². The Morgan fingerprint density at radius 1 is 1.40 bits per heavy atom. The van der Waals surface area contributed by atoms with Crippen LogP contribution in [0.1, 0.15) is 46.0 Å². The third-order valence-electron chi connectivity index (χ3n) is 3.18. The highest BCUT2D eigenvalue weighted by atomic mass is 16.3. The van der Waals surface area contributed by atoms with Gasteiger partial charge < -0.3 is 10.4 Å². The molecule has 88 valence electrons. The quantitative estimate of drug-likeness (QED) is 0.730.